The highest BCUT2D eigenvalue weighted by atomic mass is 79.9. The number of halogens is 4. The molecule has 1 unspecified atom stereocenters. The van der Waals surface area contributed by atoms with E-state index >= 15 is 0 Å². The summed E-state index contributed by atoms with van der Waals surface area (Å²) in [5, 5.41) is 20.2. The lowest BCUT2D eigenvalue weighted by Gasteiger charge is -2.21. The summed E-state index contributed by atoms with van der Waals surface area (Å²) < 4.78 is 17.0. The highest BCUT2D eigenvalue weighted by Crippen LogP contribution is 2.39. The van der Waals surface area contributed by atoms with Crippen molar-refractivity contribution in [2.45, 2.75) is 94.8 Å². The quantitative estimate of drug-likeness (QED) is 0.207. The number of hydrogen-bond acceptors (Lipinski definition) is 8. The molecule has 3 atom stereocenters. The second kappa shape index (κ2) is 19.6. The van der Waals surface area contributed by atoms with Gasteiger partial charge in [-0.1, -0.05) is 73.6 Å². The molecule has 0 aliphatic heterocycles. The molecule has 3 saturated carbocycles. The number of ketones is 1. The molecule has 3 aromatic rings. The van der Waals surface area contributed by atoms with Crippen molar-refractivity contribution in [3.8, 4) is 6.19 Å². The number of rotatable bonds is 3. The highest BCUT2D eigenvalue weighted by Gasteiger charge is 2.35. The lowest BCUT2D eigenvalue weighted by Crippen LogP contribution is -2.22. The van der Waals surface area contributed by atoms with Gasteiger partial charge in [-0.05, 0) is 84.3 Å². The summed E-state index contributed by atoms with van der Waals surface area (Å²) in [5.74, 6) is 0.611. The predicted octanol–water partition coefficient (Wildman–Crippen LogP) is 9.71. The first kappa shape index (κ1) is 40.0. The molecule has 3 aromatic heterocycles. The van der Waals surface area contributed by atoms with Crippen LogP contribution in [0.1, 0.15) is 95.1 Å². The molecule has 0 aromatic carbocycles. The molecule has 1 N–H and O–H groups in total. The van der Waals surface area contributed by atoms with E-state index in [9.17, 15) is 14.1 Å². The van der Waals surface area contributed by atoms with Gasteiger partial charge in [-0.25, -0.2) is 19.2 Å². The van der Waals surface area contributed by atoms with Gasteiger partial charge < -0.3 is 5.11 Å². The molecule has 6 rings (SSSR count). The smallest absolute Gasteiger partial charge is 0.214 e. The molecule has 46 heavy (non-hydrogen) atoms. The molecule has 3 aliphatic carbocycles. The second-order valence-electron chi connectivity index (χ2n) is 11.2. The molecule has 250 valence electrons. The van der Waals surface area contributed by atoms with Gasteiger partial charge in [-0.3, -0.25) is 4.79 Å². The molecule has 0 spiro atoms. The van der Waals surface area contributed by atoms with E-state index in [2.05, 4.69) is 35.2 Å². The Morgan fingerprint density at radius 2 is 1.46 bits per heavy atom. The molecule has 3 aliphatic rings. The number of aliphatic hydroxyl groups is 1. The third-order valence-electron chi connectivity index (χ3n) is 7.96. The fourth-order valence-electron chi connectivity index (χ4n) is 5.61. The van der Waals surface area contributed by atoms with Gasteiger partial charge in [0.2, 0.25) is 6.19 Å². The first-order chi connectivity index (χ1) is 21.4. The summed E-state index contributed by atoms with van der Waals surface area (Å²) in [6.07, 6.45) is 19.0. The standard InChI is InChI=1S/C12H14ClN3OS.C10H12ClNO.C5H3BrClN.C5H8O.CH4/c1-18(17,16-8-14)11-4-2-3-10(11)9-5-6-12(13)15-7-9;11-9-4-3-8(7-12-9)10(13)5-1-2-6-10;6-4-1-2-5(7)8-3-4;6-5-3-1-2-4-5;/h5-7,10-11H,2-4H2,1H3;3-4,7,13H,1-2,5-6H2;1-3H;1-4H2;1H4/t10-,11-,18?;;;;/m1..../s1. The number of carbonyl (C=O) groups excluding carboxylic acids is 1. The van der Waals surface area contributed by atoms with Gasteiger partial charge >= 0.3 is 0 Å². The van der Waals surface area contributed by atoms with Crippen LogP contribution >= 0.6 is 50.7 Å². The normalized spacial score (nSPS) is 20.6. The number of carbonyl (C=O) groups is 1. The maximum atomic E-state index is 12.4. The van der Waals surface area contributed by atoms with Gasteiger partial charge in [0.25, 0.3) is 0 Å². The Kier molecular flexibility index (Phi) is 17.1. The van der Waals surface area contributed by atoms with Crippen LogP contribution in [0.5, 0.6) is 0 Å². The predicted molar refractivity (Wildman–Crippen MR) is 190 cm³/mol. The van der Waals surface area contributed by atoms with E-state index < -0.39 is 15.3 Å². The summed E-state index contributed by atoms with van der Waals surface area (Å²) >= 11 is 20.1. The molecule has 13 heteroatoms. The van der Waals surface area contributed by atoms with E-state index in [4.69, 9.17) is 40.1 Å². The Labute approximate surface area is 296 Å². The van der Waals surface area contributed by atoms with Crippen molar-refractivity contribution in [1.82, 2.24) is 15.0 Å². The molecule has 3 fully saturated rings. The summed E-state index contributed by atoms with van der Waals surface area (Å²) in [6, 6.07) is 10.8. The molecular formula is C33H41BrCl3N5O3S. The summed E-state index contributed by atoms with van der Waals surface area (Å²) in [5.41, 5.74) is 1.29. The van der Waals surface area contributed by atoms with Crippen LogP contribution in [0.4, 0.5) is 0 Å². The lowest BCUT2D eigenvalue weighted by molar-refractivity contribution is -0.117. The van der Waals surface area contributed by atoms with Crippen LogP contribution < -0.4 is 0 Å². The second-order valence-corrected chi connectivity index (χ2v) is 15.8. The van der Waals surface area contributed by atoms with Gasteiger partial charge in [0.15, 0.2) is 0 Å². The Morgan fingerprint density at radius 3 is 1.89 bits per heavy atom. The van der Waals surface area contributed by atoms with Gasteiger partial charge in [-0.15, -0.1) is 4.36 Å². The molecule has 0 saturated heterocycles. The minimum Gasteiger partial charge on any atom is -0.385 e. The SMILES string of the molecule is C.CS(=O)(=NC#N)[C@@H]1CCC[C@@H]1c1ccc(Cl)nc1.Clc1ccc(Br)cn1.O=C1CCCC1.OC1(c2ccc(Cl)nc2)CCCC1. The monoisotopic (exact) mass is 771 g/mol. The minimum absolute atomic E-state index is 0. The Balaban J connectivity index is 0.000000229. The van der Waals surface area contributed by atoms with Gasteiger partial charge in [-0.2, -0.15) is 5.26 Å². The number of pyridine rings is 3. The van der Waals surface area contributed by atoms with Gasteiger partial charge in [0, 0.05) is 53.6 Å². The van der Waals surface area contributed by atoms with Crippen LogP contribution in [0.2, 0.25) is 15.5 Å². The van der Waals surface area contributed by atoms with Crippen molar-refractivity contribution in [3.63, 3.8) is 0 Å². The van der Waals surface area contributed by atoms with Crippen LogP contribution in [-0.4, -0.2) is 41.6 Å². The maximum Gasteiger partial charge on any atom is 0.214 e. The molecule has 3 heterocycles. The average molecular weight is 774 g/mol. The molecule has 0 bridgehead atoms. The maximum absolute atomic E-state index is 12.4. The van der Waals surface area contributed by atoms with E-state index in [1.54, 1.807) is 49.2 Å². The number of nitrogens with zero attached hydrogens (tertiary/aromatic N) is 5. The van der Waals surface area contributed by atoms with Gasteiger partial charge in [0.05, 0.1) is 20.6 Å². The molecule has 0 amide bonds. The summed E-state index contributed by atoms with van der Waals surface area (Å²) in [4.78, 5) is 22.1. The van der Waals surface area contributed by atoms with Gasteiger partial charge in [0.1, 0.15) is 21.2 Å². The average Bonchev–Trinajstić information content (AvgIpc) is 3.80. The van der Waals surface area contributed by atoms with E-state index in [1.807, 2.05) is 18.2 Å². The van der Waals surface area contributed by atoms with E-state index in [1.165, 1.54) is 0 Å². The fraction of sp³-hybridized carbons (Fsp3) is 0.485. The van der Waals surface area contributed by atoms with Crippen molar-refractivity contribution in [1.29, 1.82) is 5.26 Å². The number of Topliss-reactive ketones (excluding diaryl/α,β-unsaturated/α-hetero) is 1. The fourth-order valence-corrected chi connectivity index (χ4v) is 7.99. The van der Waals surface area contributed by atoms with Crippen molar-refractivity contribution < 1.29 is 14.1 Å². The first-order valence-corrected chi connectivity index (χ1v) is 18.7. The Hall–Kier alpha value is -2.13. The van der Waals surface area contributed by atoms with Crippen molar-refractivity contribution >= 4 is 66.2 Å². The van der Waals surface area contributed by atoms with Crippen LogP contribution in [-0.2, 0) is 20.1 Å². The van der Waals surface area contributed by atoms with Crippen molar-refractivity contribution in [3.05, 3.63) is 86.0 Å². The highest BCUT2D eigenvalue weighted by molar-refractivity contribution is 9.10. The Bertz CT molecular complexity index is 1510. The third kappa shape index (κ3) is 12.8. The van der Waals surface area contributed by atoms with Crippen LogP contribution in [0.3, 0.4) is 0 Å². The van der Waals surface area contributed by atoms with E-state index in [0.717, 1.165) is 86.2 Å². The number of nitriles is 1. The zero-order valence-electron chi connectivity index (χ0n) is 25.0. The molecular weight excluding hydrogens is 733 g/mol. The van der Waals surface area contributed by atoms with Crippen LogP contribution in [0, 0.1) is 11.5 Å². The van der Waals surface area contributed by atoms with Crippen LogP contribution in [0.25, 0.3) is 0 Å². The zero-order chi connectivity index (χ0) is 32.9. The topological polar surface area (TPSA) is 129 Å². The third-order valence-corrected chi connectivity index (χ3v) is 11.2. The van der Waals surface area contributed by atoms with Crippen molar-refractivity contribution in [2.75, 3.05) is 6.26 Å². The summed E-state index contributed by atoms with van der Waals surface area (Å²) in [6.45, 7) is 0. The largest absolute Gasteiger partial charge is 0.385 e. The number of hydrogen-bond donors (Lipinski definition) is 1. The van der Waals surface area contributed by atoms with E-state index in [-0.39, 0.29) is 18.6 Å². The molecule has 0 radical (unpaired) electrons. The molecule has 8 nitrogen and oxygen atoms in total. The Morgan fingerprint density at radius 1 is 0.891 bits per heavy atom. The summed E-state index contributed by atoms with van der Waals surface area (Å²) in [7, 11) is -2.46. The first-order valence-electron chi connectivity index (χ1n) is 14.8. The van der Waals surface area contributed by atoms with Crippen molar-refractivity contribution in [2.24, 2.45) is 4.36 Å². The van der Waals surface area contributed by atoms with E-state index in [0.29, 0.717) is 21.2 Å². The number of aromatic nitrogens is 3. The zero-order valence-corrected chi connectivity index (χ0v) is 29.7. The minimum atomic E-state index is -2.46. The van der Waals surface area contributed by atoms with Crippen LogP contribution in [0.15, 0.2) is 63.8 Å². The lowest BCUT2D eigenvalue weighted by atomic mass is 9.94.